The van der Waals surface area contributed by atoms with Crippen molar-refractivity contribution in [1.29, 1.82) is 0 Å². The predicted octanol–water partition coefficient (Wildman–Crippen LogP) is 2.09. The first-order valence-electron chi connectivity index (χ1n) is 8.77. The number of carbonyl (C=O) groups excluding carboxylic acids is 1. The van der Waals surface area contributed by atoms with Gasteiger partial charge in [-0.05, 0) is 30.7 Å². The fourth-order valence-electron chi connectivity index (χ4n) is 3.18. The van der Waals surface area contributed by atoms with Gasteiger partial charge in [0, 0.05) is 30.4 Å². The van der Waals surface area contributed by atoms with E-state index in [2.05, 4.69) is 19.9 Å². The lowest BCUT2D eigenvalue weighted by molar-refractivity contribution is 0.0706. The van der Waals surface area contributed by atoms with Gasteiger partial charge in [-0.15, -0.1) is 0 Å². The molecule has 0 spiro atoms. The van der Waals surface area contributed by atoms with Crippen molar-refractivity contribution in [2.75, 3.05) is 31.2 Å². The second-order valence-electron chi connectivity index (χ2n) is 6.48. The van der Waals surface area contributed by atoms with Crippen LogP contribution in [0.1, 0.15) is 15.9 Å². The number of morpholine rings is 1. The molecular weight excluding hydrogens is 365 g/mol. The summed E-state index contributed by atoms with van der Waals surface area (Å²) in [5, 5.41) is 8.78. The highest BCUT2D eigenvalue weighted by Crippen LogP contribution is 2.26. The number of hydrogen-bond acceptors (Lipinski definition) is 7. The van der Waals surface area contributed by atoms with Gasteiger partial charge in [0.15, 0.2) is 5.82 Å². The van der Waals surface area contributed by atoms with Crippen molar-refractivity contribution in [3.05, 3.63) is 47.5 Å². The molecule has 9 heteroatoms. The summed E-state index contributed by atoms with van der Waals surface area (Å²) in [7, 11) is 0. The minimum absolute atomic E-state index is 0.0449. The van der Waals surface area contributed by atoms with E-state index >= 15 is 0 Å². The van der Waals surface area contributed by atoms with Gasteiger partial charge in [0.25, 0.3) is 5.91 Å². The van der Waals surface area contributed by atoms with Crippen LogP contribution in [0.4, 0.5) is 10.2 Å². The number of hydrogen-bond donors (Lipinski definition) is 2. The number of aromatic nitrogens is 3. The van der Waals surface area contributed by atoms with Crippen LogP contribution in [0.15, 0.2) is 30.6 Å². The fourth-order valence-corrected chi connectivity index (χ4v) is 3.18. The Morgan fingerprint density at radius 2 is 2.00 bits per heavy atom. The Labute approximate surface area is 160 Å². The van der Waals surface area contributed by atoms with Gasteiger partial charge in [-0.25, -0.2) is 24.8 Å². The minimum Gasteiger partial charge on any atom is -0.378 e. The molecule has 1 saturated heterocycles. The molecule has 1 aromatic carbocycles. The van der Waals surface area contributed by atoms with E-state index in [0.29, 0.717) is 18.9 Å². The van der Waals surface area contributed by atoms with Gasteiger partial charge in [0.05, 0.1) is 30.6 Å². The topological polar surface area (TPSA) is 100 Å². The largest absolute Gasteiger partial charge is 0.378 e. The Morgan fingerprint density at radius 3 is 2.71 bits per heavy atom. The summed E-state index contributed by atoms with van der Waals surface area (Å²) < 4.78 is 19.6. The van der Waals surface area contributed by atoms with E-state index in [4.69, 9.17) is 9.94 Å². The summed E-state index contributed by atoms with van der Waals surface area (Å²) in [5.74, 6) is -0.639. The molecule has 0 saturated carbocycles. The normalized spacial score (nSPS) is 14.3. The highest BCUT2D eigenvalue weighted by atomic mass is 19.1. The van der Waals surface area contributed by atoms with E-state index in [-0.39, 0.29) is 16.6 Å². The van der Waals surface area contributed by atoms with Gasteiger partial charge < -0.3 is 9.64 Å². The van der Waals surface area contributed by atoms with Gasteiger partial charge in [-0.3, -0.25) is 10.0 Å². The van der Waals surface area contributed by atoms with Crippen molar-refractivity contribution >= 4 is 22.8 Å². The number of ether oxygens (including phenoxy) is 1. The van der Waals surface area contributed by atoms with E-state index in [1.807, 2.05) is 13.0 Å². The highest BCUT2D eigenvalue weighted by molar-refractivity contribution is 5.96. The van der Waals surface area contributed by atoms with Gasteiger partial charge in [0.2, 0.25) is 0 Å². The van der Waals surface area contributed by atoms with Crippen molar-refractivity contribution in [2.24, 2.45) is 0 Å². The molecule has 144 valence electrons. The van der Waals surface area contributed by atoms with E-state index in [1.165, 1.54) is 17.7 Å². The van der Waals surface area contributed by atoms with Crippen molar-refractivity contribution in [3.8, 4) is 11.3 Å². The Bertz CT molecular complexity index is 1050. The molecule has 0 unspecified atom stereocenters. The number of fused-ring (bicyclic) bond motifs is 1. The van der Waals surface area contributed by atoms with Crippen molar-refractivity contribution < 1.29 is 19.1 Å². The molecule has 2 aromatic heterocycles. The van der Waals surface area contributed by atoms with Crippen molar-refractivity contribution in [2.45, 2.75) is 6.92 Å². The summed E-state index contributed by atoms with van der Waals surface area (Å²) in [6.07, 6.45) is 3.20. The first kappa shape index (κ1) is 18.2. The molecule has 2 N–H and O–H groups in total. The molecule has 0 atom stereocenters. The zero-order valence-corrected chi connectivity index (χ0v) is 15.1. The number of halogens is 1. The van der Waals surface area contributed by atoms with E-state index in [9.17, 15) is 9.18 Å². The second-order valence-corrected chi connectivity index (χ2v) is 6.48. The third-order valence-corrected chi connectivity index (χ3v) is 4.67. The quantitative estimate of drug-likeness (QED) is 0.528. The maximum Gasteiger partial charge on any atom is 0.274 e. The number of anilines is 1. The zero-order chi connectivity index (χ0) is 19.7. The van der Waals surface area contributed by atoms with Crippen LogP contribution in [0.2, 0.25) is 0 Å². The monoisotopic (exact) mass is 383 g/mol. The van der Waals surface area contributed by atoms with Crippen LogP contribution in [-0.4, -0.2) is 52.4 Å². The molecule has 28 heavy (non-hydrogen) atoms. The van der Waals surface area contributed by atoms with E-state index in [0.717, 1.165) is 36.1 Å². The van der Waals surface area contributed by atoms with E-state index in [1.54, 1.807) is 6.20 Å². The number of hydroxylamine groups is 1. The zero-order valence-electron chi connectivity index (χ0n) is 15.1. The first-order chi connectivity index (χ1) is 13.6. The second kappa shape index (κ2) is 7.45. The van der Waals surface area contributed by atoms with Gasteiger partial charge in [0.1, 0.15) is 11.3 Å². The number of pyridine rings is 1. The van der Waals surface area contributed by atoms with Crippen molar-refractivity contribution in [1.82, 2.24) is 20.4 Å². The number of nitrogens with zero attached hydrogens (tertiary/aromatic N) is 4. The number of amides is 1. The van der Waals surface area contributed by atoms with Crippen LogP contribution in [0.3, 0.4) is 0 Å². The van der Waals surface area contributed by atoms with Gasteiger partial charge in [-0.2, -0.15) is 0 Å². The maximum atomic E-state index is 14.2. The third kappa shape index (κ3) is 3.37. The Hall–Kier alpha value is -3.17. The summed E-state index contributed by atoms with van der Waals surface area (Å²) in [6.45, 7) is 4.87. The molecule has 3 aromatic rings. The molecule has 0 aliphatic carbocycles. The first-order valence-corrected chi connectivity index (χ1v) is 8.77. The summed E-state index contributed by atoms with van der Waals surface area (Å²) in [4.78, 5) is 26.9. The molecule has 8 nitrogen and oxygen atoms in total. The number of carbonyl (C=O) groups is 1. The predicted molar refractivity (Wildman–Crippen MR) is 99.7 cm³/mol. The van der Waals surface area contributed by atoms with Crippen LogP contribution in [0.25, 0.3) is 22.3 Å². The highest BCUT2D eigenvalue weighted by Gasteiger charge is 2.16. The lowest BCUT2D eigenvalue weighted by Crippen LogP contribution is -2.36. The van der Waals surface area contributed by atoms with Crippen LogP contribution in [-0.2, 0) is 4.74 Å². The maximum absolute atomic E-state index is 14.2. The molecule has 3 heterocycles. The minimum atomic E-state index is -0.819. The molecule has 1 amide bonds. The van der Waals surface area contributed by atoms with Gasteiger partial charge in [-0.1, -0.05) is 0 Å². The Morgan fingerprint density at radius 1 is 1.21 bits per heavy atom. The van der Waals surface area contributed by atoms with Crippen LogP contribution >= 0.6 is 0 Å². The lowest BCUT2D eigenvalue weighted by atomic mass is 10.1. The average molecular weight is 383 g/mol. The van der Waals surface area contributed by atoms with Gasteiger partial charge >= 0.3 is 0 Å². The molecule has 1 aliphatic rings. The SMILES string of the molecule is Cc1cc(N2CCOCC2)ncc1-c1cnc2c(F)cc(C(=O)NO)cc2n1. The molecule has 1 fully saturated rings. The molecule has 0 bridgehead atoms. The standard InChI is InChI=1S/C19H18FN5O3/c1-11-6-17(25-2-4-28-5-3-25)21-9-13(11)16-10-22-18-14(20)7-12(19(26)24-27)8-15(18)23-16/h6-10,27H,2-5H2,1H3,(H,24,26). The van der Waals surface area contributed by atoms with Crippen LogP contribution in [0.5, 0.6) is 0 Å². The summed E-state index contributed by atoms with van der Waals surface area (Å²) in [6, 6.07) is 4.36. The van der Waals surface area contributed by atoms with Crippen molar-refractivity contribution in [3.63, 3.8) is 0 Å². The molecule has 1 aliphatic heterocycles. The third-order valence-electron chi connectivity index (χ3n) is 4.67. The number of rotatable bonds is 3. The molecule has 4 rings (SSSR count). The fraction of sp³-hybridized carbons (Fsp3) is 0.263. The number of benzene rings is 1. The smallest absolute Gasteiger partial charge is 0.274 e. The van der Waals surface area contributed by atoms with Crippen LogP contribution < -0.4 is 10.4 Å². The Balaban J connectivity index is 1.73. The van der Waals surface area contributed by atoms with Crippen LogP contribution in [0, 0.1) is 12.7 Å². The summed E-state index contributed by atoms with van der Waals surface area (Å²) >= 11 is 0. The summed E-state index contributed by atoms with van der Waals surface area (Å²) in [5.41, 5.74) is 3.95. The lowest BCUT2D eigenvalue weighted by Gasteiger charge is -2.28. The molecular formula is C19H18FN5O3. The average Bonchev–Trinajstić information content (AvgIpc) is 2.73. The van der Waals surface area contributed by atoms with E-state index < -0.39 is 11.7 Å². The number of nitrogens with one attached hydrogen (secondary N) is 1. The molecule has 0 radical (unpaired) electrons. The number of aryl methyl sites for hydroxylation is 1. The Kier molecular flexibility index (Phi) is 4.84.